The molecule has 0 aliphatic carbocycles. The van der Waals surface area contributed by atoms with Gasteiger partial charge in [-0.1, -0.05) is 0 Å². The third-order valence-electron chi connectivity index (χ3n) is 4.21. The van der Waals surface area contributed by atoms with Crippen LogP contribution in [0.2, 0.25) is 0 Å². The summed E-state index contributed by atoms with van der Waals surface area (Å²) in [4.78, 5) is 13.7. The van der Waals surface area contributed by atoms with E-state index < -0.39 is 0 Å². The van der Waals surface area contributed by atoms with Crippen LogP contribution in [0.5, 0.6) is 0 Å². The zero-order valence-corrected chi connectivity index (χ0v) is 11.9. The average molecular weight is 254 g/mol. The molecule has 0 radical (unpaired) electrons. The number of hydrogen-bond acceptors (Lipinski definition) is 3. The lowest BCUT2D eigenvalue weighted by atomic mass is 9.85. The van der Waals surface area contributed by atoms with Gasteiger partial charge in [0.05, 0.1) is 5.60 Å². The molecule has 2 saturated heterocycles. The Labute approximate surface area is 110 Å². The molecule has 0 aromatic heterocycles. The van der Waals surface area contributed by atoms with E-state index in [-0.39, 0.29) is 18.1 Å². The number of nitrogens with one attached hydrogen (secondary N) is 1. The van der Waals surface area contributed by atoms with E-state index in [0.717, 1.165) is 6.42 Å². The summed E-state index contributed by atoms with van der Waals surface area (Å²) in [5, 5.41) is 2.92. The van der Waals surface area contributed by atoms with Gasteiger partial charge in [-0.3, -0.25) is 4.79 Å². The van der Waals surface area contributed by atoms with Crippen molar-refractivity contribution >= 4 is 5.91 Å². The van der Waals surface area contributed by atoms with Crippen LogP contribution in [0.25, 0.3) is 0 Å². The van der Waals surface area contributed by atoms with Gasteiger partial charge in [-0.05, 0) is 52.5 Å². The minimum absolute atomic E-state index is 0.0138. The van der Waals surface area contributed by atoms with Crippen molar-refractivity contribution < 1.29 is 9.53 Å². The summed E-state index contributed by atoms with van der Waals surface area (Å²) < 4.78 is 5.75. The van der Waals surface area contributed by atoms with E-state index in [2.05, 4.69) is 31.0 Å². The highest BCUT2D eigenvalue weighted by Gasteiger charge is 2.35. The molecule has 2 heterocycles. The van der Waals surface area contributed by atoms with Crippen LogP contribution in [0.1, 0.15) is 40.0 Å². The van der Waals surface area contributed by atoms with Crippen LogP contribution in [0.4, 0.5) is 0 Å². The first-order valence-electron chi connectivity index (χ1n) is 7.13. The fourth-order valence-corrected chi connectivity index (χ4v) is 3.10. The number of carbonyl (C=O) groups is 1. The van der Waals surface area contributed by atoms with Gasteiger partial charge in [-0.2, -0.15) is 0 Å². The van der Waals surface area contributed by atoms with E-state index >= 15 is 0 Å². The minimum atomic E-state index is -0.168. The Morgan fingerprint density at radius 3 is 2.94 bits per heavy atom. The number of morpholine rings is 1. The summed E-state index contributed by atoms with van der Waals surface area (Å²) in [6.07, 6.45) is 3.62. The first-order chi connectivity index (χ1) is 8.48. The third kappa shape index (κ3) is 3.45. The number of ether oxygens (including phenoxy) is 1. The van der Waals surface area contributed by atoms with Crippen molar-refractivity contribution in [3.8, 4) is 0 Å². The lowest BCUT2D eigenvalue weighted by Gasteiger charge is -2.41. The van der Waals surface area contributed by atoms with Gasteiger partial charge in [0.1, 0.15) is 6.61 Å². The molecule has 1 N–H and O–H groups in total. The highest BCUT2D eigenvalue weighted by molar-refractivity contribution is 5.77. The molecule has 0 saturated carbocycles. The molecule has 2 fully saturated rings. The SMILES string of the molecule is CC(C)N1CCCC(CC2(C)CNC(=O)CO2)C1. The number of piperidine rings is 1. The van der Waals surface area contributed by atoms with Crippen LogP contribution >= 0.6 is 0 Å². The molecule has 2 aliphatic heterocycles. The molecule has 0 spiro atoms. The highest BCUT2D eigenvalue weighted by atomic mass is 16.5. The van der Waals surface area contributed by atoms with E-state index in [1.54, 1.807) is 0 Å². The molecular formula is C14H26N2O2. The minimum Gasteiger partial charge on any atom is -0.364 e. The molecule has 2 unspecified atom stereocenters. The van der Waals surface area contributed by atoms with E-state index in [1.807, 2.05) is 0 Å². The van der Waals surface area contributed by atoms with Crippen molar-refractivity contribution in [2.24, 2.45) is 5.92 Å². The largest absolute Gasteiger partial charge is 0.364 e. The van der Waals surface area contributed by atoms with Gasteiger partial charge in [0.2, 0.25) is 5.91 Å². The fraction of sp³-hybridized carbons (Fsp3) is 0.929. The molecule has 4 heteroatoms. The van der Waals surface area contributed by atoms with E-state index in [9.17, 15) is 4.79 Å². The number of amides is 1. The third-order valence-corrected chi connectivity index (χ3v) is 4.21. The van der Waals surface area contributed by atoms with Gasteiger partial charge in [-0.15, -0.1) is 0 Å². The smallest absolute Gasteiger partial charge is 0.246 e. The molecule has 2 atom stereocenters. The molecular weight excluding hydrogens is 228 g/mol. The van der Waals surface area contributed by atoms with E-state index in [4.69, 9.17) is 4.74 Å². The summed E-state index contributed by atoms with van der Waals surface area (Å²) >= 11 is 0. The van der Waals surface area contributed by atoms with Crippen LogP contribution in [0.3, 0.4) is 0 Å². The van der Waals surface area contributed by atoms with Crippen LogP contribution in [-0.4, -0.2) is 48.7 Å². The predicted octanol–water partition coefficient (Wildman–Crippen LogP) is 1.40. The molecule has 2 aliphatic rings. The maximum Gasteiger partial charge on any atom is 0.246 e. The quantitative estimate of drug-likeness (QED) is 0.828. The molecule has 4 nitrogen and oxygen atoms in total. The summed E-state index contributed by atoms with van der Waals surface area (Å²) in [6.45, 7) is 9.93. The Hall–Kier alpha value is -0.610. The zero-order chi connectivity index (χ0) is 13.2. The number of likely N-dealkylation sites (tertiary alicyclic amines) is 1. The highest BCUT2D eigenvalue weighted by Crippen LogP contribution is 2.29. The van der Waals surface area contributed by atoms with Crippen molar-refractivity contribution in [1.82, 2.24) is 10.2 Å². The molecule has 2 rings (SSSR count). The summed E-state index contributed by atoms with van der Waals surface area (Å²) in [6, 6.07) is 0.632. The summed E-state index contributed by atoms with van der Waals surface area (Å²) in [5.41, 5.74) is -0.168. The molecule has 104 valence electrons. The van der Waals surface area contributed by atoms with Gasteiger partial charge in [-0.25, -0.2) is 0 Å². The lowest BCUT2D eigenvalue weighted by Crippen LogP contribution is -2.52. The Morgan fingerprint density at radius 1 is 1.56 bits per heavy atom. The van der Waals surface area contributed by atoms with Gasteiger partial charge >= 0.3 is 0 Å². The Bertz CT molecular complexity index is 294. The predicted molar refractivity (Wildman–Crippen MR) is 71.4 cm³/mol. The van der Waals surface area contributed by atoms with E-state index in [0.29, 0.717) is 18.5 Å². The topological polar surface area (TPSA) is 41.6 Å². The van der Waals surface area contributed by atoms with Crippen molar-refractivity contribution in [2.45, 2.75) is 51.7 Å². The first-order valence-corrected chi connectivity index (χ1v) is 7.13. The van der Waals surface area contributed by atoms with Crippen LogP contribution in [0, 0.1) is 5.92 Å². The monoisotopic (exact) mass is 254 g/mol. The number of nitrogens with zero attached hydrogens (tertiary/aromatic N) is 1. The number of hydrogen-bond donors (Lipinski definition) is 1. The molecule has 1 amide bonds. The lowest BCUT2D eigenvalue weighted by molar-refractivity contribution is -0.144. The van der Waals surface area contributed by atoms with Crippen molar-refractivity contribution in [3.63, 3.8) is 0 Å². The Morgan fingerprint density at radius 2 is 2.33 bits per heavy atom. The second-order valence-electron chi connectivity index (χ2n) is 6.32. The van der Waals surface area contributed by atoms with Crippen molar-refractivity contribution in [2.75, 3.05) is 26.2 Å². The molecule has 0 aromatic rings. The second-order valence-corrected chi connectivity index (χ2v) is 6.32. The van der Waals surface area contributed by atoms with Crippen LogP contribution < -0.4 is 5.32 Å². The fourth-order valence-electron chi connectivity index (χ4n) is 3.10. The number of carbonyl (C=O) groups excluding carboxylic acids is 1. The first kappa shape index (κ1) is 13.8. The Balaban J connectivity index is 1.86. The van der Waals surface area contributed by atoms with Gasteiger partial charge in [0, 0.05) is 19.1 Å². The van der Waals surface area contributed by atoms with Crippen LogP contribution in [0.15, 0.2) is 0 Å². The molecule has 0 aromatic carbocycles. The van der Waals surface area contributed by atoms with Gasteiger partial charge in [0.15, 0.2) is 0 Å². The van der Waals surface area contributed by atoms with Gasteiger partial charge in [0.25, 0.3) is 0 Å². The summed E-state index contributed by atoms with van der Waals surface area (Å²) in [5.74, 6) is 0.709. The number of rotatable bonds is 3. The molecule has 18 heavy (non-hydrogen) atoms. The van der Waals surface area contributed by atoms with E-state index in [1.165, 1.54) is 25.9 Å². The second kappa shape index (κ2) is 5.57. The van der Waals surface area contributed by atoms with Gasteiger partial charge < -0.3 is 15.0 Å². The van der Waals surface area contributed by atoms with Crippen molar-refractivity contribution in [1.29, 1.82) is 0 Å². The average Bonchev–Trinajstić information content (AvgIpc) is 2.33. The maximum absolute atomic E-state index is 11.1. The normalized spacial score (nSPS) is 34.7. The molecule has 0 bridgehead atoms. The maximum atomic E-state index is 11.1. The standard InChI is InChI=1S/C14H26N2O2/c1-11(2)16-6-4-5-12(8-16)7-14(3)10-15-13(17)9-18-14/h11-12H,4-10H2,1-3H3,(H,15,17). The Kier molecular flexibility index (Phi) is 4.28. The summed E-state index contributed by atoms with van der Waals surface area (Å²) in [7, 11) is 0. The zero-order valence-electron chi connectivity index (χ0n) is 11.9. The van der Waals surface area contributed by atoms with Crippen LogP contribution in [-0.2, 0) is 9.53 Å². The van der Waals surface area contributed by atoms with Crippen molar-refractivity contribution in [3.05, 3.63) is 0 Å².